The molecule has 1 fully saturated rings. The lowest BCUT2D eigenvalue weighted by atomic mass is 9.91. The van der Waals surface area contributed by atoms with Crippen molar-refractivity contribution in [2.75, 3.05) is 26.7 Å². The van der Waals surface area contributed by atoms with Crippen LogP contribution in [0.3, 0.4) is 0 Å². The van der Waals surface area contributed by atoms with Gasteiger partial charge in [-0.05, 0) is 56.5 Å². The van der Waals surface area contributed by atoms with Crippen molar-refractivity contribution in [1.82, 2.24) is 20.5 Å². The fourth-order valence-electron chi connectivity index (χ4n) is 5.18. The number of Topliss-reactive ketones (excluding diaryl/α,β-unsaturated/α-hetero) is 1. The van der Waals surface area contributed by atoms with Crippen LogP contribution in [0.1, 0.15) is 63.8 Å². The Bertz CT molecular complexity index is 1120. The van der Waals surface area contributed by atoms with Gasteiger partial charge in [-0.2, -0.15) is 0 Å². The van der Waals surface area contributed by atoms with E-state index in [1.807, 2.05) is 12.1 Å². The lowest BCUT2D eigenvalue weighted by Crippen LogP contribution is -2.44. The van der Waals surface area contributed by atoms with Gasteiger partial charge in [0.1, 0.15) is 0 Å². The molecule has 208 valence electrons. The fraction of sp³-hybridized carbons (Fsp3) is 0.586. The zero-order valence-electron chi connectivity index (χ0n) is 22.9. The van der Waals surface area contributed by atoms with Crippen LogP contribution in [-0.2, 0) is 20.8 Å². The number of hydrogen-bond acceptors (Lipinski definition) is 6. The Hall–Kier alpha value is -2.29. The largest absolute Gasteiger partial charge is 0.359 e. The summed E-state index contributed by atoms with van der Waals surface area (Å²) < 4.78 is 0.957. The number of halogens is 1. The van der Waals surface area contributed by atoms with Gasteiger partial charge in [-0.1, -0.05) is 44.9 Å². The van der Waals surface area contributed by atoms with Crippen molar-refractivity contribution in [3.05, 3.63) is 40.4 Å². The molecule has 0 unspecified atom stereocenters. The summed E-state index contributed by atoms with van der Waals surface area (Å²) in [6.45, 7) is 10.5. The van der Waals surface area contributed by atoms with Crippen LogP contribution in [-0.4, -0.2) is 60.2 Å². The van der Waals surface area contributed by atoms with Crippen LogP contribution in [0.4, 0.5) is 0 Å². The second-order valence-electron chi connectivity index (χ2n) is 10.2. The Labute approximate surface area is 235 Å². The predicted molar refractivity (Wildman–Crippen MR) is 156 cm³/mol. The number of nitrogens with zero attached hydrogens (tertiary/aromatic N) is 2. The van der Waals surface area contributed by atoms with Crippen molar-refractivity contribution in [3.8, 4) is 0 Å². The van der Waals surface area contributed by atoms with Gasteiger partial charge in [0.05, 0.1) is 21.1 Å². The summed E-state index contributed by atoms with van der Waals surface area (Å²) >= 11 is 7.63. The number of rotatable bonds is 15. The maximum absolute atomic E-state index is 13.6. The van der Waals surface area contributed by atoms with Gasteiger partial charge in [-0.3, -0.25) is 19.3 Å². The molecule has 0 spiro atoms. The average Bonchev–Trinajstić information content (AvgIpc) is 3.58. The number of carbonyl (C=O) groups is 3. The molecule has 38 heavy (non-hydrogen) atoms. The first-order valence-electron chi connectivity index (χ1n) is 13.7. The minimum atomic E-state index is -0.553. The molecule has 2 atom stereocenters. The summed E-state index contributed by atoms with van der Waals surface area (Å²) in [6, 6.07) is 5.43. The van der Waals surface area contributed by atoms with Crippen molar-refractivity contribution in [2.24, 2.45) is 11.8 Å². The van der Waals surface area contributed by atoms with Crippen LogP contribution in [0.5, 0.6) is 0 Å². The smallest absolute Gasteiger partial charge is 0.224 e. The second-order valence-corrected chi connectivity index (χ2v) is 11.7. The molecule has 0 bridgehead atoms. The summed E-state index contributed by atoms with van der Waals surface area (Å²) in [5.74, 6) is -0.493. The molecule has 1 aliphatic carbocycles. The maximum Gasteiger partial charge on any atom is 0.224 e. The highest BCUT2D eigenvalue weighted by molar-refractivity contribution is 7.18. The number of likely N-dealkylation sites (N-methyl/N-ethyl adjacent to an activating group) is 1. The van der Waals surface area contributed by atoms with E-state index in [9.17, 15) is 14.4 Å². The van der Waals surface area contributed by atoms with Gasteiger partial charge in [-0.15, -0.1) is 11.3 Å². The highest BCUT2D eigenvalue weighted by atomic mass is 35.5. The Morgan fingerprint density at radius 1 is 1.21 bits per heavy atom. The first-order valence-corrected chi connectivity index (χ1v) is 14.9. The molecule has 1 saturated carbocycles. The van der Waals surface area contributed by atoms with Crippen LogP contribution in [0.2, 0.25) is 5.02 Å². The monoisotopic (exact) mass is 560 g/mol. The Kier molecular flexibility index (Phi) is 11.7. The van der Waals surface area contributed by atoms with Gasteiger partial charge in [0.2, 0.25) is 11.8 Å². The van der Waals surface area contributed by atoms with E-state index < -0.39 is 5.92 Å². The number of thiazole rings is 1. The number of hydrogen-bond donors (Lipinski definition) is 2. The van der Waals surface area contributed by atoms with Gasteiger partial charge in [0, 0.05) is 49.5 Å². The van der Waals surface area contributed by atoms with Crippen LogP contribution >= 0.6 is 22.9 Å². The zero-order valence-corrected chi connectivity index (χ0v) is 24.4. The van der Waals surface area contributed by atoms with Crippen molar-refractivity contribution < 1.29 is 14.4 Å². The van der Waals surface area contributed by atoms with Gasteiger partial charge in [0.25, 0.3) is 0 Å². The molecule has 0 radical (unpaired) electrons. The summed E-state index contributed by atoms with van der Waals surface area (Å²) in [4.78, 5) is 45.6. The topological polar surface area (TPSA) is 91.4 Å². The molecule has 2 aromatic rings. The predicted octanol–water partition coefficient (Wildman–Crippen LogP) is 5.17. The quantitative estimate of drug-likeness (QED) is 0.293. The molecule has 1 heterocycles. The van der Waals surface area contributed by atoms with Crippen molar-refractivity contribution in [2.45, 2.75) is 71.3 Å². The molecular formula is C29H41ClN4O3S. The number of amides is 2. The third-order valence-corrected chi connectivity index (χ3v) is 8.85. The van der Waals surface area contributed by atoms with Crippen molar-refractivity contribution in [3.63, 3.8) is 0 Å². The molecule has 0 saturated heterocycles. The number of aromatic nitrogens is 1. The molecule has 1 aromatic carbocycles. The summed E-state index contributed by atoms with van der Waals surface area (Å²) in [7, 11) is 1.58. The van der Waals surface area contributed by atoms with Gasteiger partial charge < -0.3 is 10.6 Å². The zero-order chi connectivity index (χ0) is 27.7. The number of nitrogens with one attached hydrogen (secondary N) is 2. The molecular weight excluding hydrogens is 520 g/mol. The highest BCUT2D eigenvalue weighted by Gasteiger charge is 2.31. The van der Waals surface area contributed by atoms with Crippen LogP contribution in [0.15, 0.2) is 30.4 Å². The fourth-order valence-corrected chi connectivity index (χ4v) is 6.51. The van der Waals surface area contributed by atoms with Crippen LogP contribution in [0, 0.1) is 11.8 Å². The average molecular weight is 561 g/mol. The van der Waals surface area contributed by atoms with E-state index in [4.69, 9.17) is 11.6 Å². The Morgan fingerprint density at radius 2 is 1.92 bits per heavy atom. The van der Waals surface area contributed by atoms with E-state index >= 15 is 0 Å². The first kappa shape index (κ1) is 30.3. The summed E-state index contributed by atoms with van der Waals surface area (Å²) in [5, 5.41) is 7.34. The number of carbonyl (C=O) groups excluding carboxylic acids is 3. The lowest BCUT2D eigenvalue weighted by molar-refractivity contribution is -0.131. The SMILES string of the molecule is C=C(CN(CC)CC)C(=O)CC[C@@H](NC(=O)[C@@H](CC(=O)NC)Cc1nc2ccc(Cl)cc2s1)C1CCCC1. The third-order valence-electron chi connectivity index (χ3n) is 7.58. The number of benzene rings is 1. The normalized spacial score (nSPS) is 15.5. The molecule has 1 aliphatic rings. The Balaban J connectivity index is 1.70. The Morgan fingerprint density at radius 3 is 2.58 bits per heavy atom. The highest BCUT2D eigenvalue weighted by Crippen LogP contribution is 2.31. The van der Waals surface area contributed by atoms with Crippen molar-refractivity contribution >= 4 is 50.8 Å². The van der Waals surface area contributed by atoms with Gasteiger partial charge >= 0.3 is 0 Å². The molecule has 1 aromatic heterocycles. The number of fused-ring (bicyclic) bond motifs is 1. The van der Waals surface area contributed by atoms with Gasteiger partial charge in [-0.25, -0.2) is 4.98 Å². The standard InChI is InChI=1S/C29H41ClN4O3S/c1-5-34(6-2)18-19(3)25(35)14-13-23(20-9-7-8-10-20)33-29(37)21(15-27(36)31-4)16-28-32-24-12-11-22(30)17-26(24)38-28/h11-12,17,20-21,23H,3,5-10,13-16,18H2,1-2,4H3,(H,31,36)(H,33,37)/t21-,23+/m0/s1. The van der Waals surface area contributed by atoms with E-state index in [1.165, 1.54) is 11.3 Å². The van der Waals surface area contributed by atoms with E-state index in [0.717, 1.165) is 54.0 Å². The van der Waals surface area contributed by atoms with E-state index in [1.54, 1.807) is 13.1 Å². The summed E-state index contributed by atoms with van der Waals surface area (Å²) in [5.41, 5.74) is 1.46. The summed E-state index contributed by atoms with van der Waals surface area (Å²) in [6.07, 6.45) is 5.74. The van der Waals surface area contributed by atoms with E-state index in [-0.39, 0.29) is 30.1 Å². The minimum Gasteiger partial charge on any atom is -0.359 e. The van der Waals surface area contributed by atoms with Crippen LogP contribution < -0.4 is 10.6 Å². The van der Waals surface area contributed by atoms with Gasteiger partial charge in [0.15, 0.2) is 5.78 Å². The molecule has 3 rings (SSSR count). The minimum absolute atomic E-state index is 0.0594. The molecule has 7 nitrogen and oxygen atoms in total. The van der Waals surface area contributed by atoms with Crippen molar-refractivity contribution in [1.29, 1.82) is 0 Å². The molecule has 0 aliphatic heterocycles. The third kappa shape index (κ3) is 8.61. The second kappa shape index (κ2) is 14.8. The molecule has 2 N–H and O–H groups in total. The number of ketones is 1. The molecule has 9 heteroatoms. The van der Waals surface area contributed by atoms with E-state index in [2.05, 4.69) is 40.9 Å². The van der Waals surface area contributed by atoms with Crippen LogP contribution in [0.25, 0.3) is 10.2 Å². The maximum atomic E-state index is 13.6. The first-order chi connectivity index (χ1) is 18.2. The molecule has 2 amide bonds. The van der Waals surface area contributed by atoms with E-state index in [0.29, 0.717) is 42.3 Å². The lowest BCUT2D eigenvalue weighted by Gasteiger charge is -2.27.